The molecule has 2 rings (SSSR count). The highest BCUT2D eigenvalue weighted by Gasteiger charge is 2.31. The van der Waals surface area contributed by atoms with Crippen molar-refractivity contribution in [1.82, 2.24) is 10.2 Å². The first kappa shape index (κ1) is 24.6. The molecular formula is C21H25ClFN3O4S. The topological polar surface area (TPSA) is 86.8 Å². The molecule has 0 spiro atoms. The Morgan fingerprint density at radius 3 is 2.16 bits per heavy atom. The van der Waals surface area contributed by atoms with Gasteiger partial charge in [0.1, 0.15) is 18.4 Å². The minimum absolute atomic E-state index is 0.0863. The van der Waals surface area contributed by atoms with E-state index in [0.717, 1.165) is 28.3 Å². The van der Waals surface area contributed by atoms with Crippen molar-refractivity contribution in [2.45, 2.75) is 25.9 Å². The molecule has 7 nitrogen and oxygen atoms in total. The van der Waals surface area contributed by atoms with Crippen LogP contribution in [0.4, 0.5) is 10.1 Å². The number of nitrogens with one attached hydrogen (secondary N) is 1. The highest BCUT2D eigenvalue weighted by atomic mass is 35.5. The molecule has 1 atom stereocenters. The number of hydrogen-bond acceptors (Lipinski definition) is 4. The Morgan fingerprint density at radius 1 is 1.10 bits per heavy atom. The van der Waals surface area contributed by atoms with Crippen molar-refractivity contribution in [2.75, 3.05) is 24.2 Å². The molecule has 10 heteroatoms. The molecule has 0 aliphatic carbocycles. The van der Waals surface area contributed by atoms with Crippen LogP contribution in [0.2, 0.25) is 5.02 Å². The largest absolute Gasteiger partial charge is 0.357 e. The molecule has 0 saturated heterocycles. The Balaban J connectivity index is 2.40. The number of carbonyl (C=O) groups is 2. The molecule has 0 aliphatic rings. The van der Waals surface area contributed by atoms with E-state index in [1.807, 2.05) is 0 Å². The van der Waals surface area contributed by atoms with Crippen LogP contribution in [0.25, 0.3) is 0 Å². The van der Waals surface area contributed by atoms with Gasteiger partial charge in [-0.05, 0) is 48.4 Å². The van der Waals surface area contributed by atoms with Crippen molar-refractivity contribution in [2.24, 2.45) is 0 Å². The number of likely N-dealkylation sites (N-methyl/N-ethyl adjacent to an activating group) is 1. The third kappa shape index (κ3) is 6.67. The number of rotatable bonds is 9. The van der Waals surface area contributed by atoms with Crippen LogP contribution < -0.4 is 9.62 Å². The predicted octanol–water partition coefficient (Wildman–Crippen LogP) is 2.80. The van der Waals surface area contributed by atoms with Crippen molar-refractivity contribution in [3.05, 3.63) is 64.9 Å². The first-order chi connectivity index (χ1) is 14.6. The highest BCUT2D eigenvalue weighted by molar-refractivity contribution is 7.92. The second-order valence-electron chi connectivity index (χ2n) is 6.93. The lowest BCUT2D eigenvalue weighted by molar-refractivity contribution is -0.140. The van der Waals surface area contributed by atoms with E-state index < -0.39 is 34.3 Å². The van der Waals surface area contributed by atoms with Crippen LogP contribution >= 0.6 is 11.6 Å². The molecule has 31 heavy (non-hydrogen) atoms. The fourth-order valence-corrected chi connectivity index (χ4v) is 4.07. The zero-order chi connectivity index (χ0) is 23.2. The average molecular weight is 470 g/mol. The monoisotopic (exact) mass is 469 g/mol. The molecule has 2 aromatic carbocycles. The maximum Gasteiger partial charge on any atom is 0.244 e. The van der Waals surface area contributed by atoms with Crippen LogP contribution in [0.3, 0.4) is 0 Å². The van der Waals surface area contributed by atoms with Crippen LogP contribution in [0.15, 0.2) is 48.5 Å². The zero-order valence-electron chi connectivity index (χ0n) is 17.5. The Kier molecular flexibility index (Phi) is 8.41. The predicted molar refractivity (Wildman–Crippen MR) is 119 cm³/mol. The summed E-state index contributed by atoms with van der Waals surface area (Å²) in [6.07, 6.45) is 1.29. The van der Waals surface area contributed by atoms with Gasteiger partial charge in [-0.25, -0.2) is 12.8 Å². The molecule has 0 heterocycles. The van der Waals surface area contributed by atoms with Crippen molar-refractivity contribution >= 4 is 39.1 Å². The first-order valence-corrected chi connectivity index (χ1v) is 11.8. The second kappa shape index (κ2) is 10.6. The van der Waals surface area contributed by atoms with Crippen LogP contribution in [-0.4, -0.2) is 51.0 Å². The molecule has 1 unspecified atom stereocenters. The van der Waals surface area contributed by atoms with Gasteiger partial charge in [0.15, 0.2) is 0 Å². The van der Waals surface area contributed by atoms with Gasteiger partial charge in [-0.15, -0.1) is 0 Å². The normalized spacial score (nSPS) is 12.2. The van der Waals surface area contributed by atoms with Gasteiger partial charge in [-0.2, -0.15) is 0 Å². The van der Waals surface area contributed by atoms with E-state index in [1.165, 1.54) is 24.1 Å². The van der Waals surface area contributed by atoms with E-state index >= 15 is 0 Å². The third-order valence-corrected chi connectivity index (χ3v) is 6.08. The summed E-state index contributed by atoms with van der Waals surface area (Å²) in [6, 6.07) is 10.8. The van der Waals surface area contributed by atoms with Gasteiger partial charge in [0.25, 0.3) is 0 Å². The smallest absolute Gasteiger partial charge is 0.244 e. The minimum atomic E-state index is -3.85. The minimum Gasteiger partial charge on any atom is -0.357 e. The van der Waals surface area contributed by atoms with Crippen LogP contribution in [0.1, 0.15) is 18.9 Å². The summed E-state index contributed by atoms with van der Waals surface area (Å²) < 4.78 is 38.9. The van der Waals surface area contributed by atoms with E-state index in [2.05, 4.69) is 5.32 Å². The number of amides is 2. The lowest BCUT2D eigenvalue weighted by Crippen LogP contribution is -2.51. The SMILES string of the molecule is CCC(C(=O)NC)N(Cc1ccc(Cl)cc1)C(=O)CN(c1ccc(F)cc1)S(C)(=O)=O. The number of anilines is 1. The summed E-state index contributed by atoms with van der Waals surface area (Å²) in [5.74, 6) is -1.46. The summed E-state index contributed by atoms with van der Waals surface area (Å²) in [5.41, 5.74) is 0.879. The van der Waals surface area contributed by atoms with Gasteiger partial charge in [0.2, 0.25) is 21.8 Å². The van der Waals surface area contributed by atoms with Gasteiger partial charge in [0, 0.05) is 18.6 Å². The van der Waals surface area contributed by atoms with Crippen LogP contribution in [0.5, 0.6) is 0 Å². The summed E-state index contributed by atoms with van der Waals surface area (Å²) in [5, 5.41) is 3.07. The molecule has 168 valence electrons. The van der Waals surface area contributed by atoms with Crippen molar-refractivity contribution in [1.29, 1.82) is 0 Å². The van der Waals surface area contributed by atoms with E-state index in [4.69, 9.17) is 11.6 Å². The first-order valence-electron chi connectivity index (χ1n) is 9.55. The maximum atomic E-state index is 13.3. The van der Waals surface area contributed by atoms with Crippen LogP contribution in [-0.2, 0) is 26.2 Å². The molecule has 0 radical (unpaired) electrons. The standard InChI is InChI=1S/C21H25ClFN3O4S/c1-4-19(21(28)24-2)25(13-15-5-7-16(22)8-6-15)20(27)14-26(31(3,29)30)18-11-9-17(23)10-12-18/h5-12,19H,4,13-14H2,1-3H3,(H,24,28). The number of sulfonamides is 1. The molecule has 0 fully saturated rings. The van der Waals surface area contributed by atoms with Gasteiger partial charge in [0.05, 0.1) is 11.9 Å². The molecular weight excluding hydrogens is 445 g/mol. The maximum absolute atomic E-state index is 13.3. The quantitative estimate of drug-likeness (QED) is 0.611. The van der Waals surface area contributed by atoms with Crippen LogP contribution in [0, 0.1) is 5.82 Å². The Labute approximate surface area is 186 Å². The summed E-state index contributed by atoms with van der Waals surface area (Å²) in [6.45, 7) is 1.31. The fourth-order valence-electron chi connectivity index (χ4n) is 3.09. The van der Waals surface area contributed by atoms with E-state index in [9.17, 15) is 22.4 Å². The number of hydrogen-bond donors (Lipinski definition) is 1. The second-order valence-corrected chi connectivity index (χ2v) is 9.28. The third-order valence-electron chi connectivity index (χ3n) is 4.69. The Bertz CT molecular complexity index is 1010. The summed E-state index contributed by atoms with van der Waals surface area (Å²) in [4.78, 5) is 27.0. The lowest BCUT2D eigenvalue weighted by Gasteiger charge is -2.32. The Morgan fingerprint density at radius 2 is 1.68 bits per heavy atom. The molecule has 0 aliphatic heterocycles. The van der Waals surface area contributed by atoms with E-state index in [0.29, 0.717) is 11.4 Å². The number of carbonyl (C=O) groups excluding carboxylic acids is 2. The van der Waals surface area contributed by atoms with Gasteiger partial charge < -0.3 is 10.2 Å². The number of halogens is 2. The average Bonchev–Trinajstić information content (AvgIpc) is 2.72. The number of nitrogens with zero attached hydrogens (tertiary/aromatic N) is 2. The number of benzene rings is 2. The summed E-state index contributed by atoms with van der Waals surface area (Å²) in [7, 11) is -2.38. The van der Waals surface area contributed by atoms with Crippen molar-refractivity contribution < 1.29 is 22.4 Å². The molecule has 2 aromatic rings. The Hall–Kier alpha value is -2.65. The molecule has 0 aromatic heterocycles. The molecule has 1 N–H and O–H groups in total. The van der Waals surface area contributed by atoms with Crippen molar-refractivity contribution in [3.63, 3.8) is 0 Å². The summed E-state index contributed by atoms with van der Waals surface area (Å²) >= 11 is 5.93. The van der Waals surface area contributed by atoms with Gasteiger partial charge in [-0.1, -0.05) is 30.7 Å². The highest BCUT2D eigenvalue weighted by Crippen LogP contribution is 2.20. The van der Waals surface area contributed by atoms with E-state index in [1.54, 1.807) is 31.2 Å². The molecule has 0 saturated carbocycles. The van der Waals surface area contributed by atoms with E-state index in [-0.39, 0.29) is 18.1 Å². The molecule has 0 bridgehead atoms. The van der Waals surface area contributed by atoms with Crippen molar-refractivity contribution in [3.8, 4) is 0 Å². The zero-order valence-corrected chi connectivity index (χ0v) is 19.1. The van der Waals surface area contributed by atoms with Gasteiger partial charge in [-0.3, -0.25) is 13.9 Å². The lowest BCUT2D eigenvalue weighted by atomic mass is 10.1. The molecule has 2 amide bonds. The fraction of sp³-hybridized carbons (Fsp3) is 0.333. The van der Waals surface area contributed by atoms with Gasteiger partial charge >= 0.3 is 0 Å².